The van der Waals surface area contributed by atoms with Crippen LogP contribution in [0.25, 0.3) is 21.1 Å². The number of hydrogen-bond donors (Lipinski definition) is 0. The van der Waals surface area contributed by atoms with Crippen molar-refractivity contribution in [3.05, 3.63) is 70.3 Å². The molecule has 0 N–H and O–H groups in total. The van der Waals surface area contributed by atoms with E-state index >= 15 is 0 Å². The van der Waals surface area contributed by atoms with Gasteiger partial charge < -0.3 is 9.42 Å². The second kappa shape index (κ2) is 6.67. The van der Waals surface area contributed by atoms with Gasteiger partial charge in [-0.1, -0.05) is 5.16 Å². The number of aromatic nitrogens is 6. The first-order valence-corrected chi connectivity index (χ1v) is 11.3. The van der Waals surface area contributed by atoms with E-state index in [9.17, 15) is 4.79 Å². The molecule has 158 valence electrons. The van der Waals surface area contributed by atoms with Crippen molar-refractivity contribution in [1.29, 1.82) is 0 Å². The van der Waals surface area contributed by atoms with Crippen LogP contribution in [0.5, 0.6) is 0 Å². The molecule has 2 aliphatic rings. The Balaban J connectivity index is 1.06. The number of hydrogen-bond acceptors (Lipinski definition) is 9. The monoisotopic (exact) mass is 443 g/mol. The van der Waals surface area contributed by atoms with Crippen molar-refractivity contribution in [1.82, 2.24) is 29.9 Å². The highest BCUT2D eigenvalue weighted by molar-refractivity contribution is 7.16. The SMILES string of the molecule is O=c1c2cccnc2cnn1Cc1nc(C2[C@H]3CN(c4ccc5ncsc5c4)C[C@@H]23)no1. The Kier molecular flexibility index (Phi) is 3.74. The summed E-state index contributed by atoms with van der Waals surface area (Å²) in [5, 5.41) is 8.93. The fourth-order valence-electron chi connectivity index (χ4n) is 4.89. The Morgan fingerprint density at radius 3 is 2.94 bits per heavy atom. The van der Waals surface area contributed by atoms with Gasteiger partial charge in [0.1, 0.15) is 6.54 Å². The number of fused-ring (bicyclic) bond motifs is 3. The molecule has 1 unspecified atom stereocenters. The quantitative estimate of drug-likeness (QED) is 0.418. The van der Waals surface area contributed by atoms with Crippen molar-refractivity contribution < 1.29 is 4.52 Å². The van der Waals surface area contributed by atoms with Crippen LogP contribution in [0.2, 0.25) is 0 Å². The molecule has 1 saturated carbocycles. The second-order valence-electron chi connectivity index (χ2n) is 8.35. The summed E-state index contributed by atoms with van der Waals surface area (Å²) in [4.78, 5) is 28.2. The molecule has 9 nitrogen and oxygen atoms in total. The molecule has 1 aliphatic heterocycles. The molecule has 0 spiro atoms. The molecule has 3 atom stereocenters. The Morgan fingerprint density at radius 1 is 1.12 bits per heavy atom. The maximum absolute atomic E-state index is 12.6. The zero-order valence-corrected chi connectivity index (χ0v) is 17.6. The predicted molar refractivity (Wildman–Crippen MR) is 119 cm³/mol. The van der Waals surface area contributed by atoms with E-state index in [2.05, 4.69) is 48.3 Å². The van der Waals surface area contributed by atoms with Crippen LogP contribution < -0.4 is 10.5 Å². The van der Waals surface area contributed by atoms with Crippen molar-refractivity contribution in [2.24, 2.45) is 11.8 Å². The summed E-state index contributed by atoms with van der Waals surface area (Å²) in [6.45, 7) is 2.13. The molecule has 1 saturated heterocycles. The molecule has 32 heavy (non-hydrogen) atoms. The number of rotatable bonds is 4. The lowest BCUT2D eigenvalue weighted by molar-refractivity contribution is 0.358. The third-order valence-electron chi connectivity index (χ3n) is 6.56. The van der Waals surface area contributed by atoms with E-state index in [-0.39, 0.29) is 12.1 Å². The largest absolute Gasteiger partial charge is 0.371 e. The highest BCUT2D eigenvalue weighted by atomic mass is 32.1. The Bertz CT molecular complexity index is 1530. The highest BCUT2D eigenvalue weighted by Crippen LogP contribution is 2.58. The Labute approximate surface area is 185 Å². The minimum Gasteiger partial charge on any atom is -0.371 e. The summed E-state index contributed by atoms with van der Waals surface area (Å²) in [6, 6.07) is 9.95. The lowest BCUT2D eigenvalue weighted by Gasteiger charge is -2.21. The summed E-state index contributed by atoms with van der Waals surface area (Å²) in [5.74, 6) is 2.52. The number of piperidine rings is 1. The molecule has 0 amide bonds. The first-order valence-electron chi connectivity index (χ1n) is 10.5. The molecule has 0 bridgehead atoms. The van der Waals surface area contributed by atoms with Gasteiger partial charge in [0.05, 0.1) is 32.8 Å². The fourth-order valence-corrected chi connectivity index (χ4v) is 5.60. The van der Waals surface area contributed by atoms with Gasteiger partial charge in [-0.25, -0.2) is 9.67 Å². The van der Waals surface area contributed by atoms with Gasteiger partial charge in [-0.3, -0.25) is 9.78 Å². The van der Waals surface area contributed by atoms with Crippen LogP contribution in [0.1, 0.15) is 17.6 Å². The van der Waals surface area contributed by atoms with Crippen molar-refractivity contribution >= 4 is 38.1 Å². The van der Waals surface area contributed by atoms with Crippen LogP contribution in [0, 0.1) is 11.8 Å². The lowest BCUT2D eigenvalue weighted by atomic mass is 10.2. The first kappa shape index (κ1) is 18.0. The third-order valence-corrected chi connectivity index (χ3v) is 7.36. The summed E-state index contributed by atoms with van der Waals surface area (Å²) in [7, 11) is 0. The standard InChI is InChI=1S/C22H17N7O2S/c30-22-13-2-1-5-23-17(13)7-25-29(22)10-19-26-21(27-31-19)20-14-8-28(9-15(14)20)12-3-4-16-18(6-12)32-11-24-16/h1-7,11,14-15,20H,8-10H2/t14-,15+,20?. The van der Waals surface area contributed by atoms with Crippen LogP contribution in [-0.2, 0) is 6.54 Å². The van der Waals surface area contributed by atoms with E-state index < -0.39 is 0 Å². The highest BCUT2D eigenvalue weighted by Gasteiger charge is 2.58. The molecule has 2 fully saturated rings. The van der Waals surface area contributed by atoms with Gasteiger partial charge in [0.25, 0.3) is 5.56 Å². The summed E-state index contributed by atoms with van der Waals surface area (Å²) < 4.78 is 8.02. The van der Waals surface area contributed by atoms with Gasteiger partial charge in [-0.2, -0.15) is 10.1 Å². The minimum atomic E-state index is -0.216. The molecule has 0 radical (unpaired) electrons. The maximum Gasteiger partial charge on any atom is 0.276 e. The predicted octanol–water partition coefficient (Wildman–Crippen LogP) is 2.68. The smallest absolute Gasteiger partial charge is 0.276 e. The van der Waals surface area contributed by atoms with Crippen molar-refractivity contribution in [2.45, 2.75) is 12.5 Å². The Hall–Kier alpha value is -3.66. The zero-order valence-electron chi connectivity index (χ0n) is 16.8. The molecular formula is C22H17N7O2S. The zero-order chi connectivity index (χ0) is 21.2. The molecule has 5 aromatic rings. The molecule has 4 aromatic heterocycles. The molecular weight excluding hydrogens is 426 g/mol. The average molecular weight is 443 g/mol. The van der Waals surface area contributed by atoms with Crippen LogP contribution in [0.3, 0.4) is 0 Å². The van der Waals surface area contributed by atoms with Gasteiger partial charge in [-0.05, 0) is 42.2 Å². The summed E-state index contributed by atoms with van der Waals surface area (Å²) >= 11 is 1.67. The van der Waals surface area contributed by atoms with Crippen molar-refractivity contribution in [3.63, 3.8) is 0 Å². The number of pyridine rings is 1. The van der Waals surface area contributed by atoms with Crippen LogP contribution >= 0.6 is 11.3 Å². The fraction of sp³-hybridized carbons (Fsp3) is 0.273. The van der Waals surface area contributed by atoms with Crippen LogP contribution in [0.15, 0.2) is 57.6 Å². The average Bonchev–Trinajstić information content (AvgIpc) is 3.30. The van der Waals surface area contributed by atoms with Gasteiger partial charge in [0.2, 0.25) is 5.89 Å². The van der Waals surface area contributed by atoms with E-state index in [1.807, 2.05) is 5.51 Å². The van der Waals surface area contributed by atoms with Crippen molar-refractivity contribution in [2.75, 3.05) is 18.0 Å². The van der Waals surface area contributed by atoms with E-state index in [1.54, 1.807) is 35.9 Å². The molecule has 1 aromatic carbocycles. The van der Waals surface area contributed by atoms with E-state index in [1.165, 1.54) is 15.1 Å². The topological polar surface area (TPSA) is 103 Å². The molecule has 1 aliphatic carbocycles. The van der Waals surface area contributed by atoms with E-state index in [0.717, 1.165) is 24.4 Å². The van der Waals surface area contributed by atoms with E-state index in [0.29, 0.717) is 34.5 Å². The van der Waals surface area contributed by atoms with E-state index in [4.69, 9.17) is 4.52 Å². The van der Waals surface area contributed by atoms with Gasteiger partial charge in [0.15, 0.2) is 5.82 Å². The number of benzene rings is 1. The number of anilines is 1. The third kappa shape index (κ3) is 2.76. The number of nitrogens with zero attached hydrogens (tertiary/aromatic N) is 7. The van der Waals surface area contributed by atoms with Gasteiger partial charge in [0, 0.05) is 30.9 Å². The van der Waals surface area contributed by atoms with Gasteiger partial charge >= 0.3 is 0 Å². The molecule has 7 rings (SSSR count). The normalized spacial score (nSPS) is 22.0. The molecule has 10 heteroatoms. The minimum absolute atomic E-state index is 0.152. The van der Waals surface area contributed by atoms with Crippen LogP contribution in [-0.4, -0.2) is 43.0 Å². The van der Waals surface area contributed by atoms with Gasteiger partial charge in [-0.15, -0.1) is 11.3 Å². The Morgan fingerprint density at radius 2 is 2.03 bits per heavy atom. The number of thiazole rings is 1. The second-order valence-corrected chi connectivity index (χ2v) is 9.24. The first-order chi connectivity index (χ1) is 15.7. The van der Waals surface area contributed by atoms with Crippen molar-refractivity contribution in [3.8, 4) is 0 Å². The molecule has 5 heterocycles. The maximum atomic E-state index is 12.6. The lowest BCUT2D eigenvalue weighted by Crippen LogP contribution is -2.24. The summed E-state index contributed by atoms with van der Waals surface area (Å²) in [5.41, 5.74) is 4.55. The summed E-state index contributed by atoms with van der Waals surface area (Å²) in [6.07, 6.45) is 3.22. The van der Waals surface area contributed by atoms with Crippen LogP contribution in [0.4, 0.5) is 5.69 Å².